The fourth-order valence-corrected chi connectivity index (χ4v) is 2.74. The molecular formula is C20H21NO4. The largest absolute Gasteiger partial charge is 0.458 e. The minimum Gasteiger partial charge on any atom is -0.458 e. The van der Waals surface area contributed by atoms with Crippen LogP contribution >= 0.6 is 0 Å². The van der Waals surface area contributed by atoms with Crippen LogP contribution in [0, 0.1) is 5.92 Å². The standard InChI is InChI=1S/C20H21NO4/c1-13(2)18-17(19(22)25-18)21-20(23)24-12-14-8-10-16(11-9-14)15-6-4-3-5-7-15/h3-11,13,17-18H,12H2,1-2H3,(H,21,23)/t17-,18-/m1/s1. The van der Waals surface area contributed by atoms with E-state index < -0.39 is 18.1 Å². The predicted molar refractivity (Wildman–Crippen MR) is 93.7 cm³/mol. The van der Waals surface area contributed by atoms with Gasteiger partial charge < -0.3 is 14.8 Å². The lowest BCUT2D eigenvalue weighted by atomic mass is 9.95. The first-order valence-electron chi connectivity index (χ1n) is 8.33. The van der Waals surface area contributed by atoms with Crippen molar-refractivity contribution in [2.45, 2.75) is 32.6 Å². The third kappa shape index (κ3) is 3.99. The molecule has 1 heterocycles. The third-order valence-electron chi connectivity index (χ3n) is 4.20. The third-order valence-corrected chi connectivity index (χ3v) is 4.20. The molecule has 0 radical (unpaired) electrons. The minimum absolute atomic E-state index is 0.147. The van der Waals surface area contributed by atoms with Gasteiger partial charge in [-0.2, -0.15) is 0 Å². The molecule has 1 saturated heterocycles. The van der Waals surface area contributed by atoms with E-state index in [1.165, 1.54) is 0 Å². The predicted octanol–water partition coefficient (Wildman–Crippen LogP) is 3.53. The molecule has 5 nitrogen and oxygen atoms in total. The van der Waals surface area contributed by atoms with Gasteiger partial charge in [0.25, 0.3) is 0 Å². The zero-order valence-corrected chi connectivity index (χ0v) is 14.3. The smallest absolute Gasteiger partial charge is 0.408 e. The van der Waals surface area contributed by atoms with Crippen molar-refractivity contribution < 1.29 is 19.1 Å². The maximum atomic E-state index is 11.9. The van der Waals surface area contributed by atoms with Crippen molar-refractivity contribution in [2.75, 3.05) is 0 Å². The van der Waals surface area contributed by atoms with Gasteiger partial charge >= 0.3 is 12.1 Å². The quantitative estimate of drug-likeness (QED) is 0.847. The van der Waals surface area contributed by atoms with Gasteiger partial charge in [-0.25, -0.2) is 9.59 Å². The molecule has 130 valence electrons. The summed E-state index contributed by atoms with van der Waals surface area (Å²) >= 11 is 0. The molecule has 25 heavy (non-hydrogen) atoms. The van der Waals surface area contributed by atoms with E-state index in [1.54, 1.807) is 0 Å². The molecule has 1 fully saturated rings. The molecule has 5 heteroatoms. The van der Waals surface area contributed by atoms with Crippen molar-refractivity contribution in [1.29, 1.82) is 0 Å². The molecule has 0 spiro atoms. The first-order valence-corrected chi connectivity index (χ1v) is 8.33. The topological polar surface area (TPSA) is 64.6 Å². The Kier molecular flexibility index (Phi) is 5.03. The van der Waals surface area contributed by atoms with Crippen LogP contribution < -0.4 is 5.32 Å². The summed E-state index contributed by atoms with van der Waals surface area (Å²) in [5.74, 6) is -0.267. The number of carbonyl (C=O) groups is 2. The lowest BCUT2D eigenvalue weighted by Crippen LogP contribution is -2.61. The number of carbonyl (C=O) groups excluding carboxylic acids is 2. The number of esters is 1. The van der Waals surface area contributed by atoms with Gasteiger partial charge in [0.1, 0.15) is 12.7 Å². The van der Waals surface area contributed by atoms with E-state index in [1.807, 2.05) is 68.4 Å². The van der Waals surface area contributed by atoms with E-state index in [9.17, 15) is 9.59 Å². The molecule has 2 aromatic carbocycles. The van der Waals surface area contributed by atoms with Gasteiger partial charge in [0, 0.05) is 0 Å². The first kappa shape index (κ1) is 17.0. The fourth-order valence-electron chi connectivity index (χ4n) is 2.74. The van der Waals surface area contributed by atoms with Crippen LogP contribution in [-0.2, 0) is 20.9 Å². The van der Waals surface area contributed by atoms with Gasteiger partial charge in [0.05, 0.1) is 0 Å². The fraction of sp³-hybridized carbons (Fsp3) is 0.300. The Balaban J connectivity index is 1.52. The molecule has 0 saturated carbocycles. The van der Waals surface area contributed by atoms with Crippen LogP contribution in [0.1, 0.15) is 19.4 Å². The number of hydrogen-bond acceptors (Lipinski definition) is 4. The average Bonchev–Trinajstić information content (AvgIpc) is 2.63. The van der Waals surface area contributed by atoms with Crippen molar-refractivity contribution in [3.8, 4) is 11.1 Å². The molecule has 0 aliphatic carbocycles. The van der Waals surface area contributed by atoms with Crippen LogP contribution in [0.5, 0.6) is 0 Å². The van der Waals surface area contributed by atoms with Crippen molar-refractivity contribution in [3.63, 3.8) is 0 Å². The van der Waals surface area contributed by atoms with E-state index in [0.717, 1.165) is 16.7 Å². The molecule has 0 aromatic heterocycles. The summed E-state index contributed by atoms with van der Waals surface area (Å²) in [4.78, 5) is 23.3. The number of nitrogens with one attached hydrogen (secondary N) is 1. The molecule has 3 rings (SSSR count). The summed E-state index contributed by atoms with van der Waals surface area (Å²) in [7, 11) is 0. The number of ether oxygens (including phenoxy) is 2. The maximum Gasteiger partial charge on any atom is 0.408 e. The zero-order chi connectivity index (χ0) is 17.8. The van der Waals surface area contributed by atoms with E-state index >= 15 is 0 Å². The summed E-state index contributed by atoms with van der Waals surface area (Å²) in [6.45, 7) is 4.02. The van der Waals surface area contributed by atoms with Gasteiger partial charge in [-0.1, -0.05) is 68.4 Å². The summed E-state index contributed by atoms with van der Waals surface area (Å²) in [5, 5.41) is 2.57. The Bertz CT molecular complexity index is 740. The Labute approximate surface area is 147 Å². The molecule has 0 unspecified atom stereocenters. The van der Waals surface area contributed by atoms with Gasteiger partial charge in [0.15, 0.2) is 6.04 Å². The Morgan fingerprint density at radius 1 is 1.08 bits per heavy atom. The van der Waals surface area contributed by atoms with Crippen LogP contribution in [0.25, 0.3) is 11.1 Å². The van der Waals surface area contributed by atoms with E-state index in [2.05, 4.69) is 5.32 Å². The second kappa shape index (κ2) is 7.38. The molecule has 1 N–H and O–H groups in total. The van der Waals surface area contributed by atoms with Crippen molar-refractivity contribution in [3.05, 3.63) is 60.2 Å². The zero-order valence-electron chi connectivity index (χ0n) is 14.3. The molecule has 2 aromatic rings. The van der Waals surface area contributed by atoms with Gasteiger partial charge in [-0.15, -0.1) is 0 Å². The van der Waals surface area contributed by atoms with E-state index in [0.29, 0.717) is 0 Å². The van der Waals surface area contributed by atoms with Gasteiger partial charge in [0.2, 0.25) is 0 Å². The van der Waals surface area contributed by atoms with Crippen molar-refractivity contribution in [1.82, 2.24) is 5.32 Å². The monoisotopic (exact) mass is 339 g/mol. The highest BCUT2D eigenvalue weighted by Gasteiger charge is 2.45. The summed E-state index contributed by atoms with van der Waals surface area (Å²) < 4.78 is 10.2. The highest BCUT2D eigenvalue weighted by molar-refractivity contribution is 5.86. The SMILES string of the molecule is CC(C)[C@H]1OC(=O)[C@@H]1NC(=O)OCc1ccc(-c2ccccc2)cc1. The van der Waals surface area contributed by atoms with Crippen LogP contribution in [0.4, 0.5) is 4.79 Å². The Morgan fingerprint density at radius 3 is 2.32 bits per heavy atom. The van der Waals surface area contributed by atoms with E-state index in [-0.39, 0.29) is 18.6 Å². The van der Waals surface area contributed by atoms with Crippen molar-refractivity contribution in [2.24, 2.45) is 5.92 Å². The molecule has 2 atom stereocenters. The molecule has 1 amide bonds. The van der Waals surface area contributed by atoms with Gasteiger partial charge in [-0.05, 0) is 22.6 Å². The minimum atomic E-state index is -0.618. The Morgan fingerprint density at radius 2 is 1.72 bits per heavy atom. The second-order valence-corrected chi connectivity index (χ2v) is 6.41. The van der Waals surface area contributed by atoms with Crippen LogP contribution in [0.3, 0.4) is 0 Å². The summed E-state index contributed by atoms with van der Waals surface area (Å²) in [6.07, 6.45) is -0.898. The van der Waals surface area contributed by atoms with Crippen molar-refractivity contribution >= 4 is 12.1 Å². The number of benzene rings is 2. The van der Waals surface area contributed by atoms with Gasteiger partial charge in [-0.3, -0.25) is 0 Å². The lowest BCUT2D eigenvalue weighted by molar-refractivity contribution is -0.181. The number of rotatable bonds is 5. The number of alkyl carbamates (subject to hydrolysis) is 1. The molecule has 1 aliphatic rings. The molecule has 0 bridgehead atoms. The maximum absolute atomic E-state index is 11.9. The average molecular weight is 339 g/mol. The van der Waals surface area contributed by atoms with E-state index in [4.69, 9.17) is 9.47 Å². The molecular weight excluding hydrogens is 318 g/mol. The number of amides is 1. The normalized spacial score (nSPS) is 19.1. The summed E-state index contributed by atoms with van der Waals surface area (Å²) in [6, 6.07) is 17.3. The number of hydrogen-bond donors (Lipinski definition) is 1. The van der Waals surface area contributed by atoms with Crippen LogP contribution in [-0.4, -0.2) is 24.2 Å². The second-order valence-electron chi connectivity index (χ2n) is 6.41. The number of cyclic esters (lactones) is 1. The highest BCUT2D eigenvalue weighted by atomic mass is 16.6. The lowest BCUT2D eigenvalue weighted by Gasteiger charge is -2.37. The van der Waals surface area contributed by atoms with Crippen LogP contribution in [0.2, 0.25) is 0 Å². The van der Waals surface area contributed by atoms with Crippen LogP contribution in [0.15, 0.2) is 54.6 Å². The Hall–Kier alpha value is -2.82. The molecule has 1 aliphatic heterocycles. The first-order chi connectivity index (χ1) is 12.0. The highest BCUT2D eigenvalue weighted by Crippen LogP contribution is 2.22. The summed E-state index contributed by atoms with van der Waals surface area (Å²) in [5.41, 5.74) is 3.12.